The third-order valence-corrected chi connectivity index (χ3v) is 7.41. The maximum absolute atomic E-state index is 13.3. The molecule has 3 rings (SSSR count). The number of carboxylic acids is 1. The second-order valence-electron chi connectivity index (χ2n) is 8.39. The summed E-state index contributed by atoms with van der Waals surface area (Å²) in [5.74, 6) is -2.95. The van der Waals surface area contributed by atoms with Crippen LogP contribution < -0.4 is 5.32 Å². The number of esters is 1. The van der Waals surface area contributed by atoms with Crippen LogP contribution in [0, 0.1) is 23.7 Å². The van der Waals surface area contributed by atoms with Crippen molar-refractivity contribution in [1.29, 1.82) is 0 Å². The number of ether oxygens (including phenoxy) is 1. The van der Waals surface area contributed by atoms with Crippen molar-refractivity contribution in [1.82, 2.24) is 0 Å². The first kappa shape index (κ1) is 21.6. The molecule has 2 bridgehead atoms. The van der Waals surface area contributed by atoms with Crippen molar-refractivity contribution in [3.63, 3.8) is 0 Å². The zero-order valence-corrected chi connectivity index (χ0v) is 18.4. The molecule has 2 saturated carbocycles. The molecule has 4 atom stereocenters. The summed E-state index contributed by atoms with van der Waals surface area (Å²) in [6.45, 7) is 10.0. The Bertz CT molecular complexity index is 865. The summed E-state index contributed by atoms with van der Waals surface area (Å²) in [5.41, 5.74) is 2.59. The lowest BCUT2D eigenvalue weighted by Crippen LogP contribution is -2.37. The predicted octanol–water partition coefficient (Wildman–Crippen LogP) is 4.68. The number of anilines is 1. The number of rotatable bonds is 6. The molecule has 2 aliphatic carbocycles. The lowest BCUT2D eigenvalue weighted by Gasteiger charge is -2.26. The standard InChI is InChI=1S/C22H29NO5S/c1-6-28-22(27)14-9-15(10(2)3)29-20(14)23-19(24)17-12-7-8-13(16(12)11(4)5)18(17)21(25)26/h9-10,12-13,17-18H,6-8H2,1-5H3,(H,23,24)(H,25,26)/t12-,13-,17+,18+/m0/s1. The quantitative estimate of drug-likeness (QED) is 0.516. The minimum absolute atomic E-state index is 0.0401. The number of nitrogens with one attached hydrogen (secondary N) is 1. The fourth-order valence-electron chi connectivity index (χ4n) is 4.95. The molecule has 0 saturated heterocycles. The van der Waals surface area contributed by atoms with Gasteiger partial charge in [-0.1, -0.05) is 25.0 Å². The molecule has 2 aliphatic rings. The highest BCUT2D eigenvalue weighted by Gasteiger charge is 2.57. The third kappa shape index (κ3) is 3.84. The first-order chi connectivity index (χ1) is 13.7. The van der Waals surface area contributed by atoms with Crippen LogP contribution in [0.3, 0.4) is 0 Å². The van der Waals surface area contributed by atoms with Crippen LogP contribution in [0.4, 0.5) is 5.00 Å². The topological polar surface area (TPSA) is 92.7 Å². The number of amides is 1. The average Bonchev–Trinajstić information content (AvgIpc) is 3.32. The van der Waals surface area contributed by atoms with Crippen LogP contribution in [-0.2, 0) is 14.3 Å². The van der Waals surface area contributed by atoms with E-state index in [-0.39, 0.29) is 30.3 Å². The maximum Gasteiger partial charge on any atom is 0.341 e. The van der Waals surface area contributed by atoms with Crippen molar-refractivity contribution >= 4 is 34.2 Å². The van der Waals surface area contributed by atoms with Gasteiger partial charge in [-0.05, 0) is 57.4 Å². The van der Waals surface area contributed by atoms with Crippen molar-refractivity contribution in [3.8, 4) is 0 Å². The molecule has 2 N–H and O–H groups in total. The number of allylic oxidation sites excluding steroid dienone is 2. The number of hydrogen-bond acceptors (Lipinski definition) is 5. The molecule has 29 heavy (non-hydrogen) atoms. The Morgan fingerprint density at radius 1 is 1.21 bits per heavy atom. The molecule has 1 aromatic rings. The number of carbonyl (C=O) groups is 3. The van der Waals surface area contributed by atoms with Crippen LogP contribution in [-0.4, -0.2) is 29.6 Å². The Labute approximate surface area is 175 Å². The van der Waals surface area contributed by atoms with Gasteiger partial charge in [0.1, 0.15) is 5.00 Å². The largest absolute Gasteiger partial charge is 0.481 e. The molecular weight excluding hydrogens is 390 g/mol. The Kier molecular flexibility index (Phi) is 6.17. The lowest BCUT2D eigenvalue weighted by atomic mass is 9.79. The Balaban J connectivity index is 1.93. The molecular formula is C22H29NO5S. The van der Waals surface area contributed by atoms with Crippen LogP contribution in [0.1, 0.15) is 68.6 Å². The second kappa shape index (κ2) is 8.30. The van der Waals surface area contributed by atoms with Gasteiger partial charge in [0.05, 0.1) is 24.0 Å². The van der Waals surface area contributed by atoms with E-state index in [4.69, 9.17) is 4.74 Å². The van der Waals surface area contributed by atoms with E-state index in [1.807, 2.05) is 27.7 Å². The first-order valence-corrected chi connectivity index (χ1v) is 11.0. The molecule has 0 spiro atoms. The van der Waals surface area contributed by atoms with Crippen molar-refractivity contribution in [2.75, 3.05) is 11.9 Å². The molecule has 6 nitrogen and oxygen atoms in total. The number of carboxylic acid groups (broad SMARTS) is 1. The highest BCUT2D eigenvalue weighted by atomic mass is 32.1. The summed E-state index contributed by atoms with van der Waals surface area (Å²) in [5, 5.41) is 13.2. The fourth-order valence-corrected chi connectivity index (χ4v) is 6.00. The molecule has 1 heterocycles. The summed E-state index contributed by atoms with van der Waals surface area (Å²) in [7, 11) is 0. The molecule has 158 valence electrons. The van der Waals surface area contributed by atoms with E-state index in [0.29, 0.717) is 10.6 Å². The van der Waals surface area contributed by atoms with Crippen LogP contribution in [0.25, 0.3) is 0 Å². The van der Waals surface area contributed by atoms with Crippen LogP contribution in [0.15, 0.2) is 17.2 Å². The number of carbonyl (C=O) groups excluding carboxylic acids is 2. The van der Waals surface area contributed by atoms with Crippen LogP contribution in [0.5, 0.6) is 0 Å². The SMILES string of the molecule is CCOC(=O)c1cc(C(C)C)sc1NC(=O)[C@H]1[C@H](C(=O)O)[C@H]2CC[C@H]1C2=C(C)C. The molecule has 1 aromatic heterocycles. The van der Waals surface area contributed by atoms with Crippen LogP contribution >= 0.6 is 11.3 Å². The van der Waals surface area contributed by atoms with Gasteiger partial charge in [0.15, 0.2) is 0 Å². The monoisotopic (exact) mass is 419 g/mol. The summed E-state index contributed by atoms with van der Waals surface area (Å²) in [4.78, 5) is 38.6. The Morgan fingerprint density at radius 2 is 1.83 bits per heavy atom. The zero-order chi connectivity index (χ0) is 21.5. The van der Waals surface area contributed by atoms with Gasteiger partial charge in [0.2, 0.25) is 5.91 Å². The lowest BCUT2D eigenvalue weighted by molar-refractivity contribution is -0.148. The van der Waals surface area contributed by atoms with Crippen molar-refractivity contribution in [2.24, 2.45) is 23.7 Å². The van der Waals surface area contributed by atoms with Gasteiger partial charge in [0.25, 0.3) is 0 Å². The van der Waals surface area contributed by atoms with Gasteiger partial charge in [-0.15, -0.1) is 11.3 Å². The highest BCUT2D eigenvalue weighted by Crippen LogP contribution is 2.57. The van der Waals surface area contributed by atoms with Gasteiger partial charge in [-0.3, -0.25) is 9.59 Å². The van der Waals surface area contributed by atoms with E-state index >= 15 is 0 Å². The van der Waals surface area contributed by atoms with Gasteiger partial charge in [0, 0.05) is 4.88 Å². The number of fused-ring (bicyclic) bond motifs is 2. The third-order valence-electron chi connectivity index (χ3n) is 6.06. The normalized spacial score (nSPS) is 25.4. The van der Waals surface area contributed by atoms with E-state index in [1.165, 1.54) is 11.3 Å². The summed E-state index contributed by atoms with van der Waals surface area (Å²) in [6, 6.07) is 1.76. The van der Waals surface area contributed by atoms with Gasteiger partial charge in [-0.25, -0.2) is 4.79 Å². The number of hydrogen-bond donors (Lipinski definition) is 2. The minimum atomic E-state index is -0.921. The fraction of sp³-hybridized carbons (Fsp3) is 0.591. The molecule has 0 unspecified atom stereocenters. The average molecular weight is 420 g/mol. The van der Waals surface area contributed by atoms with E-state index < -0.39 is 23.8 Å². The highest BCUT2D eigenvalue weighted by molar-refractivity contribution is 7.16. The summed E-state index contributed by atoms with van der Waals surface area (Å²) < 4.78 is 5.14. The van der Waals surface area contributed by atoms with E-state index in [9.17, 15) is 19.5 Å². The molecule has 0 aromatic carbocycles. The molecule has 7 heteroatoms. The van der Waals surface area contributed by atoms with E-state index in [0.717, 1.165) is 28.9 Å². The van der Waals surface area contributed by atoms with Crippen molar-refractivity contribution in [3.05, 3.63) is 27.7 Å². The van der Waals surface area contributed by atoms with Crippen LogP contribution in [0.2, 0.25) is 0 Å². The smallest absolute Gasteiger partial charge is 0.341 e. The van der Waals surface area contributed by atoms with E-state index in [1.54, 1.807) is 13.0 Å². The second-order valence-corrected chi connectivity index (χ2v) is 9.48. The van der Waals surface area contributed by atoms with Crippen molar-refractivity contribution < 1.29 is 24.2 Å². The molecule has 1 amide bonds. The Hall–Kier alpha value is -2.15. The molecule has 0 aliphatic heterocycles. The van der Waals surface area contributed by atoms with Gasteiger partial charge < -0.3 is 15.2 Å². The minimum Gasteiger partial charge on any atom is -0.481 e. The summed E-state index contributed by atoms with van der Waals surface area (Å²) in [6.07, 6.45) is 1.65. The maximum atomic E-state index is 13.3. The van der Waals surface area contributed by atoms with Gasteiger partial charge >= 0.3 is 11.9 Å². The van der Waals surface area contributed by atoms with Gasteiger partial charge in [-0.2, -0.15) is 0 Å². The Morgan fingerprint density at radius 3 is 2.34 bits per heavy atom. The molecule has 2 fully saturated rings. The number of thiophene rings is 1. The van der Waals surface area contributed by atoms with E-state index in [2.05, 4.69) is 5.32 Å². The zero-order valence-electron chi connectivity index (χ0n) is 17.6. The number of aliphatic carboxylic acids is 1. The predicted molar refractivity (Wildman–Crippen MR) is 112 cm³/mol. The summed E-state index contributed by atoms with van der Waals surface area (Å²) >= 11 is 1.35. The molecule has 0 radical (unpaired) electrons. The van der Waals surface area contributed by atoms with Crippen molar-refractivity contribution in [2.45, 2.75) is 53.4 Å². The first-order valence-electron chi connectivity index (χ1n) is 10.2.